The molecule has 0 bridgehead atoms. The summed E-state index contributed by atoms with van der Waals surface area (Å²) in [5.41, 5.74) is 7.02. The highest BCUT2D eigenvalue weighted by Gasteiger charge is 2.16. The van der Waals surface area contributed by atoms with E-state index in [0.717, 1.165) is 0 Å². The van der Waals surface area contributed by atoms with Gasteiger partial charge in [-0.2, -0.15) is 5.10 Å². The van der Waals surface area contributed by atoms with E-state index in [-0.39, 0.29) is 11.7 Å². The maximum atomic E-state index is 11.8. The van der Waals surface area contributed by atoms with Crippen molar-refractivity contribution in [1.29, 1.82) is 0 Å². The first-order chi connectivity index (χ1) is 7.68. The number of nitrogens with zero attached hydrogens (tertiary/aromatic N) is 3. The van der Waals surface area contributed by atoms with Crippen LogP contribution in [0.1, 0.15) is 16.1 Å². The van der Waals surface area contributed by atoms with Crippen LogP contribution in [0.5, 0.6) is 0 Å². The zero-order valence-corrected chi connectivity index (χ0v) is 8.56. The summed E-state index contributed by atoms with van der Waals surface area (Å²) in [6.45, 7) is 1.72. The first kappa shape index (κ1) is 10.1. The number of carbonyl (C=O) groups is 1. The Hall–Kier alpha value is -2.44. The molecule has 0 saturated heterocycles. The van der Waals surface area contributed by atoms with Gasteiger partial charge in [0.1, 0.15) is 11.9 Å². The van der Waals surface area contributed by atoms with E-state index >= 15 is 0 Å². The van der Waals surface area contributed by atoms with E-state index in [1.807, 2.05) is 0 Å². The topological polar surface area (TPSA) is 110 Å². The number of amides is 1. The standard InChI is InChI=1S/C9H10N6O/c1-5-7(8(10)15-14-5)9(16)13-6-2-11-4-12-3-6/h2-4H,1H3,(H,13,16)(H3,10,14,15). The quantitative estimate of drug-likeness (QED) is 0.673. The fourth-order valence-corrected chi connectivity index (χ4v) is 1.29. The average molecular weight is 218 g/mol. The number of hydrogen-bond acceptors (Lipinski definition) is 5. The monoisotopic (exact) mass is 218 g/mol. The largest absolute Gasteiger partial charge is 0.382 e. The van der Waals surface area contributed by atoms with Crippen LogP contribution in [-0.4, -0.2) is 26.1 Å². The van der Waals surface area contributed by atoms with Gasteiger partial charge in [0, 0.05) is 5.69 Å². The van der Waals surface area contributed by atoms with Crippen LogP contribution in [0.15, 0.2) is 18.7 Å². The lowest BCUT2D eigenvalue weighted by Crippen LogP contribution is -2.14. The van der Waals surface area contributed by atoms with Gasteiger partial charge in [0.25, 0.3) is 5.91 Å². The lowest BCUT2D eigenvalue weighted by atomic mass is 10.2. The summed E-state index contributed by atoms with van der Waals surface area (Å²) < 4.78 is 0. The Bertz CT molecular complexity index is 486. The zero-order valence-electron chi connectivity index (χ0n) is 8.56. The molecule has 0 atom stereocenters. The molecule has 2 aromatic rings. The van der Waals surface area contributed by atoms with Crippen LogP contribution in [0, 0.1) is 6.92 Å². The van der Waals surface area contributed by atoms with E-state index < -0.39 is 0 Å². The van der Waals surface area contributed by atoms with Crippen LogP contribution in [-0.2, 0) is 0 Å². The first-order valence-corrected chi connectivity index (χ1v) is 4.55. The third-order valence-corrected chi connectivity index (χ3v) is 2.02. The second kappa shape index (κ2) is 3.97. The van der Waals surface area contributed by atoms with Crippen molar-refractivity contribution in [2.75, 3.05) is 11.1 Å². The van der Waals surface area contributed by atoms with Gasteiger partial charge in [-0.05, 0) is 6.92 Å². The molecule has 0 saturated carbocycles. The van der Waals surface area contributed by atoms with Gasteiger partial charge in [0.2, 0.25) is 0 Å². The number of anilines is 2. The van der Waals surface area contributed by atoms with E-state index in [4.69, 9.17) is 5.73 Å². The Morgan fingerprint density at radius 3 is 2.69 bits per heavy atom. The molecule has 4 N–H and O–H groups in total. The van der Waals surface area contributed by atoms with Crippen molar-refractivity contribution in [2.24, 2.45) is 0 Å². The van der Waals surface area contributed by atoms with Crippen LogP contribution in [0.25, 0.3) is 0 Å². The summed E-state index contributed by atoms with van der Waals surface area (Å²) in [5.74, 6) is -0.162. The van der Waals surface area contributed by atoms with Crippen molar-refractivity contribution in [1.82, 2.24) is 20.2 Å². The van der Waals surface area contributed by atoms with E-state index in [9.17, 15) is 4.79 Å². The zero-order chi connectivity index (χ0) is 11.5. The summed E-state index contributed by atoms with van der Waals surface area (Å²) in [6, 6.07) is 0. The molecule has 16 heavy (non-hydrogen) atoms. The number of H-pyrrole nitrogens is 1. The predicted molar refractivity (Wildman–Crippen MR) is 57.7 cm³/mol. The molecule has 2 rings (SSSR count). The number of nitrogens with one attached hydrogen (secondary N) is 2. The van der Waals surface area contributed by atoms with Crippen molar-refractivity contribution in [3.05, 3.63) is 30.0 Å². The van der Waals surface area contributed by atoms with Crippen molar-refractivity contribution in [2.45, 2.75) is 6.92 Å². The SMILES string of the molecule is Cc1[nH]nc(N)c1C(=O)Nc1cncnc1. The van der Waals surface area contributed by atoms with Gasteiger partial charge >= 0.3 is 0 Å². The molecule has 0 aliphatic rings. The Morgan fingerprint density at radius 1 is 1.44 bits per heavy atom. The fraction of sp³-hybridized carbons (Fsp3) is 0.111. The normalized spacial score (nSPS) is 10.1. The molecule has 1 amide bonds. The molecule has 0 fully saturated rings. The number of nitrogens with two attached hydrogens (primary N) is 1. The lowest BCUT2D eigenvalue weighted by Gasteiger charge is -2.03. The van der Waals surface area contributed by atoms with Crippen LogP contribution in [0.2, 0.25) is 0 Å². The minimum Gasteiger partial charge on any atom is -0.382 e. The summed E-state index contributed by atoms with van der Waals surface area (Å²) >= 11 is 0. The highest BCUT2D eigenvalue weighted by molar-refractivity contribution is 6.07. The van der Waals surface area contributed by atoms with Crippen molar-refractivity contribution < 1.29 is 4.79 Å². The molecule has 0 radical (unpaired) electrons. The minimum atomic E-state index is -0.335. The number of aromatic nitrogens is 4. The summed E-state index contributed by atoms with van der Waals surface area (Å²) in [4.78, 5) is 19.4. The maximum Gasteiger partial charge on any atom is 0.261 e. The van der Waals surface area contributed by atoms with Gasteiger partial charge in [0.05, 0.1) is 18.1 Å². The highest BCUT2D eigenvalue weighted by atomic mass is 16.1. The van der Waals surface area contributed by atoms with Crippen LogP contribution >= 0.6 is 0 Å². The van der Waals surface area contributed by atoms with Crippen molar-refractivity contribution in [3.63, 3.8) is 0 Å². The molecule has 0 spiro atoms. The van der Waals surface area contributed by atoms with Crippen LogP contribution in [0.3, 0.4) is 0 Å². The summed E-state index contributed by atoms with van der Waals surface area (Å²) in [5, 5.41) is 9.00. The molecule has 7 nitrogen and oxygen atoms in total. The molecule has 0 aliphatic carbocycles. The fourth-order valence-electron chi connectivity index (χ4n) is 1.29. The van der Waals surface area contributed by atoms with Gasteiger partial charge in [0.15, 0.2) is 5.82 Å². The minimum absolute atomic E-state index is 0.173. The van der Waals surface area contributed by atoms with E-state index in [1.165, 1.54) is 18.7 Å². The lowest BCUT2D eigenvalue weighted by molar-refractivity contribution is 0.102. The molecule has 0 unspecified atom stereocenters. The Kier molecular flexibility index (Phi) is 2.50. The summed E-state index contributed by atoms with van der Waals surface area (Å²) in [7, 11) is 0. The summed E-state index contributed by atoms with van der Waals surface area (Å²) in [6.07, 6.45) is 4.38. The number of rotatable bonds is 2. The Labute approximate surface area is 91.1 Å². The average Bonchev–Trinajstić information content (AvgIpc) is 2.60. The molecular formula is C9H10N6O. The van der Waals surface area contributed by atoms with E-state index in [0.29, 0.717) is 16.9 Å². The number of hydrogen-bond donors (Lipinski definition) is 3. The van der Waals surface area contributed by atoms with E-state index in [1.54, 1.807) is 6.92 Å². The molecular weight excluding hydrogens is 208 g/mol. The van der Waals surface area contributed by atoms with Gasteiger partial charge in [-0.25, -0.2) is 9.97 Å². The van der Waals surface area contributed by atoms with Crippen molar-refractivity contribution in [3.8, 4) is 0 Å². The Balaban J connectivity index is 2.22. The second-order valence-corrected chi connectivity index (χ2v) is 3.19. The number of aryl methyl sites for hydroxylation is 1. The van der Waals surface area contributed by atoms with Crippen LogP contribution in [0.4, 0.5) is 11.5 Å². The van der Waals surface area contributed by atoms with Crippen LogP contribution < -0.4 is 11.1 Å². The molecule has 7 heteroatoms. The second-order valence-electron chi connectivity index (χ2n) is 3.19. The highest BCUT2D eigenvalue weighted by Crippen LogP contribution is 2.14. The molecule has 2 aromatic heterocycles. The van der Waals surface area contributed by atoms with Gasteiger partial charge in [-0.3, -0.25) is 9.89 Å². The maximum absolute atomic E-state index is 11.8. The molecule has 82 valence electrons. The van der Waals surface area contributed by atoms with E-state index in [2.05, 4.69) is 25.5 Å². The van der Waals surface area contributed by atoms with Gasteiger partial charge in [-0.15, -0.1) is 0 Å². The van der Waals surface area contributed by atoms with Gasteiger partial charge in [-0.1, -0.05) is 0 Å². The van der Waals surface area contributed by atoms with Crippen molar-refractivity contribution >= 4 is 17.4 Å². The number of aromatic amines is 1. The smallest absolute Gasteiger partial charge is 0.261 e. The number of carbonyl (C=O) groups excluding carboxylic acids is 1. The predicted octanol–water partition coefficient (Wildman–Crippen LogP) is 0.343. The van der Waals surface area contributed by atoms with Gasteiger partial charge < -0.3 is 11.1 Å². The number of nitrogen functional groups attached to an aromatic ring is 1. The Morgan fingerprint density at radius 2 is 2.12 bits per heavy atom. The molecule has 0 aliphatic heterocycles. The third-order valence-electron chi connectivity index (χ3n) is 2.02. The molecule has 2 heterocycles. The first-order valence-electron chi connectivity index (χ1n) is 4.55. The third kappa shape index (κ3) is 1.83. The molecule has 0 aromatic carbocycles.